The van der Waals surface area contributed by atoms with Gasteiger partial charge in [0, 0.05) is 24.1 Å². The van der Waals surface area contributed by atoms with E-state index in [1.807, 2.05) is 4.72 Å². The molecule has 10 heteroatoms. The Bertz CT molecular complexity index is 630. The number of non-ortho nitro benzene ring substituents is 1. The molecule has 0 aliphatic heterocycles. The third kappa shape index (κ3) is 6.00. The van der Waals surface area contributed by atoms with Crippen LogP contribution in [0.5, 0.6) is 0 Å². The van der Waals surface area contributed by atoms with Crippen LogP contribution in [0, 0.1) is 10.1 Å². The molecule has 0 heterocycles. The molecule has 0 aromatic heterocycles. The van der Waals surface area contributed by atoms with E-state index >= 15 is 0 Å². The molecular formula is C12H16N2O6S2. The molecule has 0 unspecified atom stereocenters. The van der Waals surface area contributed by atoms with Gasteiger partial charge in [0.2, 0.25) is 15.9 Å². The van der Waals surface area contributed by atoms with Crippen molar-refractivity contribution in [3.05, 3.63) is 34.4 Å². The van der Waals surface area contributed by atoms with Crippen LogP contribution >= 0.6 is 11.8 Å². The highest BCUT2D eigenvalue weighted by Gasteiger charge is 2.20. The van der Waals surface area contributed by atoms with Gasteiger partial charge in [-0.2, -0.15) is 0 Å². The molecule has 8 nitrogen and oxygen atoms in total. The number of carbonyl (C=O) groups excluding carboxylic acids is 1. The first-order valence-electron chi connectivity index (χ1n) is 6.19. The molecule has 1 rings (SSSR count). The Hall–Kier alpha value is -1.65. The first-order chi connectivity index (χ1) is 10.2. The van der Waals surface area contributed by atoms with Crippen LogP contribution in [0.3, 0.4) is 0 Å². The minimum absolute atomic E-state index is 0.00745. The van der Waals surface area contributed by atoms with Gasteiger partial charge in [0.25, 0.3) is 5.69 Å². The molecule has 1 atom stereocenters. The molecule has 1 aromatic rings. The van der Waals surface area contributed by atoms with Gasteiger partial charge < -0.3 is 4.74 Å². The third-order valence-corrected chi connectivity index (χ3v) is 4.87. The minimum atomic E-state index is -3.73. The lowest BCUT2D eigenvalue weighted by Gasteiger charge is -2.12. The third-order valence-electron chi connectivity index (χ3n) is 2.54. The number of thioether (sulfide) groups is 1. The van der Waals surface area contributed by atoms with Crippen LogP contribution in [-0.2, 0) is 19.6 Å². The zero-order valence-electron chi connectivity index (χ0n) is 12.0. The number of nitro groups is 1. The summed E-state index contributed by atoms with van der Waals surface area (Å²) in [6.07, 6.45) is 0. The van der Waals surface area contributed by atoms with E-state index in [1.54, 1.807) is 6.92 Å². The largest absolute Gasteiger partial charge is 0.384 e. The van der Waals surface area contributed by atoms with Gasteiger partial charge in [-0.3, -0.25) is 19.6 Å². The van der Waals surface area contributed by atoms with Crippen LogP contribution in [0.15, 0.2) is 29.2 Å². The summed E-state index contributed by atoms with van der Waals surface area (Å²) < 4.78 is 29.8. The number of hydrogen-bond donors (Lipinski definition) is 1. The van der Waals surface area contributed by atoms with Crippen LogP contribution in [0.2, 0.25) is 0 Å². The lowest BCUT2D eigenvalue weighted by molar-refractivity contribution is -0.384. The number of rotatable bonds is 8. The van der Waals surface area contributed by atoms with Crippen molar-refractivity contribution in [1.29, 1.82) is 0 Å². The number of nitro benzene ring substituents is 1. The standard InChI is InChI=1S/C12H16N2O6S2/c1-9(12(15)13-22(18,19)8-7-20-2)21-11-5-3-10(4-6-11)14(16)17/h3-6,9H,7-8H2,1-2H3,(H,13,15)/t9-/m1/s1. The molecule has 122 valence electrons. The van der Waals surface area contributed by atoms with Crippen molar-refractivity contribution in [3.63, 3.8) is 0 Å². The molecule has 1 amide bonds. The van der Waals surface area contributed by atoms with Crippen LogP contribution in [0.1, 0.15) is 6.92 Å². The maximum absolute atomic E-state index is 11.8. The molecule has 0 radical (unpaired) electrons. The predicted molar refractivity (Wildman–Crippen MR) is 82.2 cm³/mol. The van der Waals surface area contributed by atoms with Gasteiger partial charge in [-0.1, -0.05) is 0 Å². The second kappa shape index (κ2) is 8.11. The summed E-state index contributed by atoms with van der Waals surface area (Å²) in [5.41, 5.74) is -0.0522. The fourth-order valence-electron chi connectivity index (χ4n) is 1.38. The summed E-state index contributed by atoms with van der Waals surface area (Å²) in [6.45, 7) is 1.54. The van der Waals surface area contributed by atoms with Gasteiger partial charge in [-0.05, 0) is 19.1 Å². The lowest BCUT2D eigenvalue weighted by atomic mass is 10.3. The van der Waals surface area contributed by atoms with Gasteiger partial charge >= 0.3 is 0 Å². The number of sulfonamides is 1. The lowest BCUT2D eigenvalue weighted by Crippen LogP contribution is -2.38. The molecular weight excluding hydrogens is 332 g/mol. The van der Waals surface area contributed by atoms with Crippen molar-refractivity contribution < 1.29 is 22.9 Å². The van der Waals surface area contributed by atoms with Crippen LogP contribution in [0.4, 0.5) is 5.69 Å². The van der Waals surface area contributed by atoms with Crippen LogP contribution in [-0.4, -0.2) is 44.0 Å². The Morgan fingerprint density at radius 2 is 2.00 bits per heavy atom. The van der Waals surface area contributed by atoms with Gasteiger partial charge in [0.15, 0.2) is 0 Å². The first-order valence-corrected chi connectivity index (χ1v) is 8.73. The number of hydrogen-bond acceptors (Lipinski definition) is 7. The van der Waals surface area contributed by atoms with Crippen molar-refractivity contribution >= 4 is 33.4 Å². The molecule has 0 saturated heterocycles. The number of carbonyl (C=O) groups is 1. The van der Waals surface area contributed by atoms with E-state index in [0.717, 1.165) is 11.8 Å². The fourth-order valence-corrected chi connectivity index (χ4v) is 3.30. The molecule has 0 fully saturated rings. The predicted octanol–water partition coefficient (Wildman–Crippen LogP) is 1.17. The van der Waals surface area contributed by atoms with E-state index in [9.17, 15) is 23.3 Å². The molecule has 0 saturated carbocycles. The zero-order valence-corrected chi connectivity index (χ0v) is 13.6. The van der Waals surface area contributed by atoms with Crippen molar-refractivity contribution in [1.82, 2.24) is 4.72 Å². The smallest absolute Gasteiger partial charge is 0.269 e. The maximum Gasteiger partial charge on any atom is 0.269 e. The molecule has 1 N–H and O–H groups in total. The second-order valence-electron chi connectivity index (χ2n) is 4.29. The zero-order chi connectivity index (χ0) is 16.8. The number of ether oxygens (including phenoxy) is 1. The first kappa shape index (κ1) is 18.4. The summed E-state index contributed by atoms with van der Waals surface area (Å²) in [6, 6.07) is 5.66. The molecule has 0 aliphatic rings. The van der Waals surface area contributed by atoms with E-state index in [4.69, 9.17) is 0 Å². The Morgan fingerprint density at radius 1 is 1.41 bits per heavy atom. The van der Waals surface area contributed by atoms with Gasteiger partial charge in [-0.25, -0.2) is 8.42 Å². The van der Waals surface area contributed by atoms with Gasteiger partial charge in [-0.15, -0.1) is 11.8 Å². The van der Waals surface area contributed by atoms with Gasteiger partial charge in [0.05, 0.1) is 22.5 Å². The highest BCUT2D eigenvalue weighted by atomic mass is 32.2. The number of nitrogens with one attached hydrogen (secondary N) is 1. The van der Waals surface area contributed by atoms with Crippen molar-refractivity contribution in [3.8, 4) is 0 Å². The average molecular weight is 348 g/mol. The Morgan fingerprint density at radius 3 is 2.50 bits per heavy atom. The Labute approximate surface area is 132 Å². The second-order valence-corrected chi connectivity index (χ2v) is 7.55. The molecule has 0 bridgehead atoms. The number of benzene rings is 1. The van der Waals surface area contributed by atoms with Crippen LogP contribution < -0.4 is 4.72 Å². The molecule has 1 aromatic carbocycles. The topological polar surface area (TPSA) is 116 Å². The van der Waals surface area contributed by atoms with Crippen molar-refractivity contribution in [2.24, 2.45) is 0 Å². The molecule has 0 spiro atoms. The van der Waals surface area contributed by atoms with E-state index in [1.165, 1.54) is 31.4 Å². The number of methoxy groups -OCH3 is 1. The SMILES string of the molecule is COCCS(=O)(=O)NC(=O)[C@@H](C)Sc1ccc([N+](=O)[O-])cc1. The monoisotopic (exact) mass is 348 g/mol. The summed E-state index contributed by atoms with van der Waals surface area (Å²) in [5, 5.41) is 9.88. The van der Waals surface area contributed by atoms with Crippen molar-refractivity contribution in [2.75, 3.05) is 19.5 Å². The Balaban J connectivity index is 2.62. The highest BCUT2D eigenvalue weighted by molar-refractivity contribution is 8.00. The summed E-state index contributed by atoms with van der Waals surface area (Å²) in [7, 11) is -2.36. The Kier molecular flexibility index (Phi) is 6.78. The van der Waals surface area contributed by atoms with Gasteiger partial charge in [0.1, 0.15) is 0 Å². The van der Waals surface area contributed by atoms with E-state index in [0.29, 0.717) is 4.90 Å². The minimum Gasteiger partial charge on any atom is -0.384 e. The fraction of sp³-hybridized carbons (Fsp3) is 0.417. The summed E-state index contributed by atoms with van der Waals surface area (Å²) >= 11 is 1.11. The van der Waals surface area contributed by atoms with Crippen LogP contribution in [0.25, 0.3) is 0 Å². The van der Waals surface area contributed by atoms with Crippen molar-refractivity contribution in [2.45, 2.75) is 17.1 Å². The quantitative estimate of drug-likeness (QED) is 0.426. The summed E-state index contributed by atoms with van der Waals surface area (Å²) in [5.74, 6) is -0.955. The average Bonchev–Trinajstić information content (AvgIpc) is 2.45. The highest BCUT2D eigenvalue weighted by Crippen LogP contribution is 2.25. The number of amides is 1. The molecule has 0 aliphatic carbocycles. The number of nitrogens with zero attached hydrogens (tertiary/aromatic N) is 1. The normalized spacial score (nSPS) is 12.6. The van der Waals surface area contributed by atoms with E-state index in [2.05, 4.69) is 4.74 Å². The summed E-state index contributed by atoms with van der Waals surface area (Å²) in [4.78, 5) is 22.5. The van der Waals surface area contributed by atoms with E-state index < -0.39 is 26.1 Å². The van der Waals surface area contributed by atoms with E-state index in [-0.39, 0.29) is 18.0 Å². The molecule has 22 heavy (non-hydrogen) atoms. The maximum atomic E-state index is 11.8.